The number of aromatic nitrogens is 1. The van der Waals surface area contributed by atoms with Crippen molar-refractivity contribution in [2.75, 3.05) is 23.8 Å². The Labute approximate surface area is 184 Å². The molecule has 2 aromatic carbocycles. The lowest BCUT2D eigenvalue weighted by molar-refractivity contribution is -0.118. The zero-order valence-corrected chi connectivity index (χ0v) is 18.5. The first-order valence-corrected chi connectivity index (χ1v) is 12.8. The molecule has 1 aliphatic heterocycles. The number of hydrogen-bond donors (Lipinski definition) is 0. The minimum atomic E-state index is -3.46. The Hall–Kier alpha value is -2.36. The van der Waals surface area contributed by atoms with E-state index in [1.165, 1.54) is 22.3 Å². The van der Waals surface area contributed by atoms with E-state index in [1.807, 2.05) is 6.07 Å². The number of thiazole rings is 1. The molecule has 3 aromatic rings. The lowest BCUT2D eigenvalue weighted by Crippen LogP contribution is -2.38. The maximum atomic E-state index is 14.1. The molecule has 1 aromatic heterocycles. The molecule has 2 heterocycles. The summed E-state index contributed by atoms with van der Waals surface area (Å²) < 4.78 is 45.5. The molecule has 1 fully saturated rings. The van der Waals surface area contributed by atoms with Crippen LogP contribution in [0.15, 0.2) is 48.5 Å². The van der Waals surface area contributed by atoms with Crippen molar-refractivity contribution >= 4 is 42.4 Å². The summed E-state index contributed by atoms with van der Waals surface area (Å²) in [6, 6.07) is 13.6. The molecule has 31 heavy (non-hydrogen) atoms. The summed E-state index contributed by atoms with van der Waals surface area (Å²) >= 11 is 1.22. The number of anilines is 1. The maximum Gasteiger partial charge on any atom is 0.229 e. The lowest BCUT2D eigenvalue weighted by Gasteiger charge is -2.23. The molecule has 0 saturated carbocycles. The highest BCUT2D eigenvalue weighted by Gasteiger charge is 2.27. The van der Waals surface area contributed by atoms with Crippen LogP contribution in [0.2, 0.25) is 0 Å². The van der Waals surface area contributed by atoms with Gasteiger partial charge in [-0.15, -0.1) is 0 Å². The SMILES string of the molecule is O=C(CCS(=O)(=O)Cc1ccccc1)N(CC1CCCO1)c1nc2c(F)cccc2s1. The second-order valence-electron chi connectivity index (χ2n) is 7.55. The van der Waals surface area contributed by atoms with Gasteiger partial charge in [-0.05, 0) is 30.5 Å². The van der Waals surface area contributed by atoms with E-state index >= 15 is 0 Å². The number of halogens is 1. The smallest absolute Gasteiger partial charge is 0.229 e. The quantitative estimate of drug-likeness (QED) is 0.507. The average molecular weight is 463 g/mol. The minimum Gasteiger partial charge on any atom is -0.376 e. The largest absolute Gasteiger partial charge is 0.376 e. The molecule has 1 aliphatic rings. The van der Waals surface area contributed by atoms with E-state index in [9.17, 15) is 17.6 Å². The molecule has 0 bridgehead atoms. The highest BCUT2D eigenvalue weighted by atomic mass is 32.2. The van der Waals surface area contributed by atoms with Crippen LogP contribution in [-0.2, 0) is 25.1 Å². The van der Waals surface area contributed by atoms with Gasteiger partial charge in [0.05, 0.1) is 28.9 Å². The first-order chi connectivity index (χ1) is 14.9. The van der Waals surface area contributed by atoms with Gasteiger partial charge in [0.1, 0.15) is 11.3 Å². The van der Waals surface area contributed by atoms with E-state index in [0.29, 0.717) is 22.0 Å². The standard InChI is InChI=1S/C22H23FN2O4S2/c23-18-9-4-10-19-21(18)24-22(30-19)25(14-17-8-5-12-29-17)20(26)11-13-31(27,28)15-16-6-2-1-3-7-16/h1-4,6-7,9-10,17H,5,8,11-15H2. The van der Waals surface area contributed by atoms with Gasteiger partial charge in [-0.3, -0.25) is 9.69 Å². The first-order valence-electron chi connectivity index (χ1n) is 10.1. The summed E-state index contributed by atoms with van der Waals surface area (Å²) in [5, 5.41) is 0.362. The molecule has 1 saturated heterocycles. The van der Waals surface area contributed by atoms with E-state index in [2.05, 4.69) is 4.98 Å². The molecule has 6 nitrogen and oxygen atoms in total. The number of fused-ring (bicyclic) bond motifs is 1. The molecule has 1 unspecified atom stereocenters. The van der Waals surface area contributed by atoms with Crippen molar-refractivity contribution in [2.45, 2.75) is 31.1 Å². The van der Waals surface area contributed by atoms with Gasteiger partial charge < -0.3 is 4.74 Å². The van der Waals surface area contributed by atoms with Crippen LogP contribution in [0, 0.1) is 5.82 Å². The molecular formula is C22H23FN2O4S2. The number of nitrogens with zero attached hydrogens (tertiary/aromatic N) is 2. The van der Waals surface area contributed by atoms with Crippen molar-refractivity contribution in [1.29, 1.82) is 0 Å². The van der Waals surface area contributed by atoms with Crippen LogP contribution in [0.1, 0.15) is 24.8 Å². The summed E-state index contributed by atoms with van der Waals surface area (Å²) in [4.78, 5) is 18.9. The van der Waals surface area contributed by atoms with Crippen molar-refractivity contribution in [2.24, 2.45) is 0 Å². The predicted octanol–water partition coefficient (Wildman–Crippen LogP) is 3.95. The van der Waals surface area contributed by atoms with Gasteiger partial charge in [0.25, 0.3) is 0 Å². The number of ether oxygens (including phenoxy) is 1. The van der Waals surface area contributed by atoms with Crippen LogP contribution in [0.3, 0.4) is 0 Å². The number of para-hydroxylation sites is 1. The first kappa shape index (κ1) is 21.9. The molecule has 9 heteroatoms. The van der Waals surface area contributed by atoms with Crippen molar-refractivity contribution in [3.05, 3.63) is 59.9 Å². The molecule has 0 N–H and O–H groups in total. The van der Waals surface area contributed by atoms with Crippen LogP contribution in [0.4, 0.5) is 9.52 Å². The third-order valence-electron chi connectivity index (χ3n) is 5.16. The fourth-order valence-corrected chi connectivity index (χ4v) is 5.91. The summed E-state index contributed by atoms with van der Waals surface area (Å²) in [6.07, 6.45) is 1.42. The Kier molecular flexibility index (Phi) is 6.64. The van der Waals surface area contributed by atoms with E-state index in [-0.39, 0.29) is 42.0 Å². The number of hydrogen-bond acceptors (Lipinski definition) is 6. The molecule has 4 rings (SSSR count). The zero-order valence-electron chi connectivity index (χ0n) is 16.9. The fourth-order valence-electron chi connectivity index (χ4n) is 3.58. The maximum absolute atomic E-state index is 14.1. The van der Waals surface area contributed by atoms with E-state index in [1.54, 1.807) is 36.4 Å². The molecule has 164 valence electrons. The number of benzene rings is 2. The topological polar surface area (TPSA) is 76.6 Å². The summed E-state index contributed by atoms with van der Waals surface area (Å²) in [7, 11) is -3.46. The molecule has 0 spiro atoms. The third kappa shape index (κ3) is 5.47. The van der Waals surface area contributed by atoms with Gasteiger partial charge in [-0.25, -0.2) is 17.8 Å². The highest BCUT2D eigenvalue weighted by Crippen LogP contribution is 2.31. The molecular weight excluding hydrogens is 439 g/mol. The average Bonchev–Trinajstić information content (AvgIpc) is 3.41. The molecule has 0 radical (unpaired) electrons. The Morgan fingerprint density at radius 1 is 1.19 bits per heavy atom. The lowest BCUT2D eigenvalue weighted by atomic mass is 10.2. The van der Waals surface area contributed by atoms with Crippen molar-refractivity contribution in [3.63, 3.8) is 0 Å². The molecule has 1 atom stereocenters. The summed E-state index contributed by atoms with van der Waals surface area (Å²) in [6.45, 7) is 0.908. The zero-order chi connectivity index (χ0) is 21.8. The summed E-state index contributed by atoms with van der Waals surface area (Å²) in [5.41, 5.74) is 0.900. The Morgan fingerprint density at radius 3 is 2.71 bits per heavy atom. The Bertz CT molecular complexity index is 1160. The second-order valence-corrected chi connectivity index (χ2v) is 10.7. The fraction of sp³-hybridized carbons (Fsp3) is 0.364. The monoisotopic (exact) mass is 462 g/mol. The normalized spacial score (nSPS) is 16.6. The summed E-state index contributed by atoms with van der Waals surface area (Å²) in [5.74, 6) is -1.18. The third-order valence-corrected chi connectivity index (χ3v) is 7.80. The highest BCUT2D eigenvalue weighted by molar-refractivity contribution is 7.90. The van der Waals surface area contributed by atoms with E-state index in [4.69, 9.17) is 4.74 Å². The van der Waals surface area contributed by atoms with Crippen LogP contribution in [0.5, 0.6) is 0 Å². The number of amides is 1. The van der Waals surface area contributed by atoms with Crippen molar-refractivity contribution in [1.82, 2.24) is 4.98 Å². The van der Waals surface area contributed by atoms with Crippen LogP contribution >= 0.6 is 11.3 Å². The van der Waals surface area contributed by atoms with E-state index in [0.717, 1.165) is 12.8 Å². The number of carbonyl (C=O) groups excluding carboxylic acids is 1. The Morgan fingerprint density at radius 2 is 2.00 bits per heavy atom. The Balaban J connectivity index is 1.51. The van der Waals surface area contributed by atoms with Crippen molar-refractivity contribution < 1.29 is 22.3 Å². The molecule has 1 amide bonds. The number of carbonyl (C=O) groups is 1. The number of sulfone groups is 1. The van der Waals surface area contributed by atoms with E-state index < -0.39 is 15.7 Å². The van der Waals surface area contributed by atoms with Gasteiger partial charge in [0, 0.05) is 13.0 Å². The van der Waals surface area contributed by atoms with Crippen LogP contribution in [0.25, 0.3) is 10.2 Å². The minimum absolute atomic E-state index is 0.112. The van der Waals surface area contributed by atoms with Crippen LogP contribution < -0.4 is 4.90 Å². The van der Waals surface area contributed by atoms with Gasteiger partial charge in [0.15, 0.2) is 15.0 Å². The van der Waals surface area contributed by atoms with Gasteiger partial charge in [0.2, 0.25) is 5.91 Å². The van der Waals surface area contributed by atoms with Crippen molar-refractivity contribution in [3.8, 4) is 0 Å². The second kappa shape index (κ2) is 9.42. The van der Waals surface area contributed by atoms with Gasteiger partial charge >= 0.3 is 0 Å². The molecule has 0 aliphatic carbocycles. The predicted molar refractivity (Wildman–Crippen MR) is 119 cm³/mol. The van der Waals surface area contributed by atoms with Crippen LogP contribution in [-0.4, -0.2) is 44.3 Å². The van der Waals surface area contributed by atoms with Gasteiger partial charge in [-0.2, -0.15) is 0 Å². The number of rotatable bonds is 8. The van der Waals surface area contributed by atoms with Gasteiger partial charge in [-0.1, -0.05) is 47.7 Å².